The quantitative estimate of drug-likeness (QED) is 0.265. The fourth-order valence-electron chi connectivity index (χ4n) is 4.20. The number of nitrogens with one attached hydrogen (secondary N) is 1. The molecule has 3 aromatic rings. The lowest BCUT2D eigenvalue weighted by molar-refractivity contribution is -0.140. The Hall–Kier alpha value is -3.34. The van der Waals surface area contributed by atoms with Crippen molar-refractivity contribution in [3.63, 3.8) is 0 Å². The Balaban J connectivity index is 2.10. The standard InChI is InChI=1S/C29H32Cl2FN3O5S/c1-4-27(29(37)33-5-2)34(18-24-25(30)8-7-9-26(24)31)28(36)19-35(21-12-14-22(15-13-21)40-6-3)41(38,39)23-16-10-20(32)11-17-23/h7-17,27H,4-6,18-19H2,1-3H3,(H,33,37)/t27-/m0/s1. The van der Waals surface area contributed by atoms with E-state index in [9.17, 15) is 22.4 Å². The molecular formula is C29H32Cl2FN3O5S. The first-order chi connectivity index (χ1) is 19.5. The monoisotopic (exact) mass is 623 g/mol. The minimum atomic E-state index is -4.35. The van der Waals surface area contributed by atoms with E-state index in [-0.39, 0.29) is 23.5 Å². The highest BCUT2D eigenvalue weighted by molar-refractivity contribution is 7.92. The van der Waals surface area contributed by atoms with E-state index in [1.54, 1.807) is 44.2 Å². The fourth-order valence-corrected chi connectivity index (χ4v) is 6.13. The summed E-state index contributed by atoms with van der Waals surface area (Å²) in [5.41, 5.74) is 0.592. The van der Waals surface area contributed by atoms with Gasteiger partial charge in [0.05, 0.1) is 17.2 Å². The number of rotatable bonds is 13. The molecule has 0 fully saturated rings. The SMILES string of the molecule is CCNC(=O)[C@H](CC)N(Cc1c(Cl)cccc1Cl)C(=O)CN(c1ccc(OCC)cc1)S(=O)(=O)c1ccc(F)cc1. The Labute approximate surface area is 250 Å². The van der Waals surface area contributed by atoms with Gasteiger partial charge in [0.15, 0.2) is 0 Å². The topological polar surface area (TPSA) is 96.0 Å². The van der Waals surface area contributed by atoms with Crippen molar-refractivity contribution in [2.24, 2.45) is 0 Å². The van der Waals surface area contributed by atoms with Crippen molar-refractivity contribution >= 4 is 50.7 Å². The molecule has 41 heavy (non-hydrogen) atoms. The highest BCUT2D eigenvalue weighted by Gasteiger charge is 2.34. The van der Waals surface area contributed by atoms with Gasteiger partial charge in [-0.3, -0.25) is 13.9 Å². The van der Waals surface area contributed by atoms with Crippen LogP contribution in [-0.2, 0) is 26.2 Å². The van der Waals surface area contributed by atoms with E-state index in [2.05, 4.69) is 5.32 Å². The molecule has 0 aliphatic carbocycles. The van der Waals surface area contributed by atoms with Crippen molar-refractivity contribution in [3.8, 4) is 5.75 Å². The molecule has 0 aliphatic heterocycles. The number of hydrogen-bond acceptors (Lipinski definition) is 5. The van der Waals surface area contributed by atoms with Crippen LogP contribution in [0.1, 0.15) is 32.8 Å². The highest BCUT2D eigenvalue weighted by Crippen LogP contribution is 2.29. The van der Waals surface area contributed by atoms with Crippen molar-refractivity contribution < 1.29 is 27.1 Å². The molecule has 3 rings (SSSR count). The number of halogens is 3. The summed E-state index contributed by atoms with van der Waals surface area (Å²) in [6.45, 7) is 5.26. The first-order valence-corrected chi connectivity index (χ1v) is 15.2. The third-order valence-corrected chi connectivity index (χ3v) is 8.74. The van der Waals surface area contributed by atoms with Gasteiger partial charge in [0.1, 0.15) is 24.2 Å². The van der Waals surface area contributed by atoms with Gasteiger partial charge in [-0.05, 0) is 80.9 Å². The Bertz CT molecular complexity index is 1430. The largest absolute Gasteiger partial charge is 0.494 e. The molecule has 1 atom stereocenters. The zero-order chi connectivity index (χ0) is 30.2. The Morgan fingerprint density at radius 3 is 2.10 bits per heavy atom. The molecule has 1 N–H and O–H groups in total. The normalized spacial score (nSPS) is 12.0. The highest BCUT2D eigenvalue weighted by atomic mass is 35.5. The number of benzene rings is 3. The van der Waals surface area contributed by atoms with Gasteiger partial charge >= 0.3 is 0 Å². The van der Waals surface area contributed by atoms with E-state index in [1.165, 1.54) is 17.0 Å². The van der Waals surface area contributed by atoms with E-state index < -0.39 is 40.2 Å². The summed E-state index contributed by atoms with van der Waals surface area (Å²) in [7, 11) is -4.35. The summed E-state index contributed by atoms with van der Waals surface area (Å²) in [4.78, 5) is 28.1. The molecule has 8 nitrogen and oxygen atoms in total. The van der Waals surface area contributed by atoms with Gasteiger partial charge < -0.3 is 15.0 Å². The number of amides is 2. The van der Waals surface area contributed by atoms with Crippen molar-refractivity contribution in [2.75, 3.05) is 24.0 Å². The van der Waals surface area contributed by atoms with Crippen LogP contribution in [0.25, 0.3) is 0 Å². The predicted molar refractivity (Wildman–Crippen MR) is 158 cm³/mol. The molecular weight excluding hydrogens is 592 g/mol. The van der Waals surface area contributed by atoms with Crippen LogP contribution in [0.2, 0.25) is 10.0 Å². The first-order valence-electron chi connectivity index (χ1n) is 13.0. The molecule has 0 heterocycles. The number of ether oxygens (including phenoxy) is 1. The number of nitrogens with zero attached hydrogens (tertiary/aromatic N) is 2. The van der Waals surface area contributed by atoms with Crippen LogP contribution in [0.15, 0.2) is 71.6 Å². The zero-order valence-electron chi connectivity index (χ0n) is 22.9. The lowest BCUT2D eigenvalue weighted by Gasteiger charge is -2.33. The number of carbonyl (C=O) groups excluding carboxylic acids is 2. The maximum atomic E-state index is 14.0. The average Bonchev–Trinajstić information content (AvgIpc) is 2.94. The van der Waals surface area contributed by atoms with E-state index in [0.29, 0.717) is 34.5 Å². The average molecular weight is 625 g/mol. The fraction of sp³-hybridized carbons (Fsp3) is 0.310. The summed E-state index contributed by atoms with van der Waals surface area (Å²) < 4.78 is 47.7. The minimum Gasteiger partial charge on any atom is -0.494 e. The van der Waals surface area contributed by atoms with E-state index in [1.807, 2.05) is 6.92 Å². The van der Waals surface area contributed by atoms with Gasteiger partial charge in [-0.15, -0.1) is 0 Å². The Morgan fingerprint density at radius 2 is 1.56 bits per heavy atom. The van der Waals surface area contributed by atoms with Crippen molar-refractivity contribution in [3.05, 3.63) is 88.2 Å². The molecule has 0 aliphatic rings. The van der Waals surface area contributed by atoms with Gasteiger partial charge in [0, 0.05) is 28.7 Å². The molecule has 220 valence electrons. The van der Waals surface area contributed by atoms with Gasteiger partial charge in [0.2, 0.25) is 11.8 Å². The number of sulfonamides is 1. The predicted octanol–water partition coefficient (Wildman–Crippen LogP) is 5.67. The van der Waals surface area contributed by atoms with Crippen molar-refractivity contribution in [2.45, 2.75) is 44.7 Å². The van der Waals surface area contributed by atoms with Crippen LogP contribution in [0.4, 0.5) is 10.1 Å². The molecule has 0 aromatic heterocycles. The maximum Gasteiger partial charge on any atom is 0.264 e. The number of carbonyl (C=O) groups is 2. The second-order valence-corrected chi connectivity index (χ2v) is 11.6. The van der Waals surface area contributed by atoms with Crippen LogP contribution in [-0.4, -0.2) is 50.9 Å². The minimum absolute atomic E-state index is 0.138. The van der Waals surface area contributed by atoms with Gasteiger partial charge in [0.25, 0.3) is 10.0 Å². The summed E-state index contributed by atoms with van der Waals surface area (Å²) in [5, 5.41) is 3.32. The van der Waals surface area contributed by atoms with Crippen LogP contribution < -0.4 is 14.4 Å². The van der Waals surface area contributed by atoms with Crippen LogP contribution >= 0.6 is 23.2 Å². The molecule has 0 unspecified atom stereocenters. The summed E-state index contributed by atoms with van der Waals surface area (Å²) in [6, 6.07) is 14.4. The Morgan fingerprint density at radius 1 is 0.951 bits per heavy atom. The van der Waals surface area contributed by atoms with Gasteiger partial charge in [-0.25, -0.2) is 12.8 Å². The van der Waals surface area contributed by atoms with E-state index in [0.717, 1.165) is 28.6 Å². The summed E-state index contributed by atoms with van der Waals surface area (Å²) >= 11 is 12.8. The van der Waals surface area contributed by atoms with Crippen LogP contribution in [0, 0.1) is 5.82 Å². The molecule has 12 heteroatoms. The number of likely N-dealkylation sites (N-methyl/N-ethyl adjacent to an activating group) is 1. The molecule has 0 radical (unpaired) electrons. The maximum absolute atomic E-state index is 14.0. The van der Waals surface area contributed by atoms with Gasteiger partial charge in [-0.1, -0.05) is 36.2 Å². The molecule has 0 saturated carbocycles. The summed E-state index contributed by atoms with van der Waals surface area (Å²) in [5.74, 6) is -1.17. The molecule has 3 aromatic carbocycles. The van der Waals surface area contributed by atoms with E-state index >= 15 is 0 Å². The van der Waals surface area contributed by atoms with Crippen molar-refractivity contribution in [1.82, 2.24) is 10.2 Å². The summed E-state index contributed by atoms with van der Waals surface area (Å²) in [6.07, 6.45) is 0.243. The molecule has 0 spiro atoms. The second-order valence-electron chi connectivity index (χ2n) is 8.93. The number of anilines is 1. The van der Waals surface area contributed by atoms with Crippen LogP contribution in [0.3, 0.4) is 0 Å². The third-order valence-electron chi connectivity index (χ3n) is 6.24. The smallest absolute Gasteiger partial charge is 0.264 e. The van der Waals surface area contributed by atoms with Crippen molar-refractivity contribution in [1.29, 1.82) is 0 Å². The Kier molecular flexibility index (Phi) is 11.4. The number of hydrogen-bond donors (Lipinski definition) is 1. The molecule has 0 bridgehead atoms. The molecule has 0 saturated heterocycles. The lowest BCUT2D eigenvalue weighted by Crippen LogP contribution is -2.52. The first kappa shape index (κ1) is 32.2. The second kappa shape index (κ2) is 14.5. The third kappa shape index (κ3) is 7.90. The van der Waals surface area contributed by atoms with E-state index in [4.69, 9.17) is 27.9 Å². The lowest BCUT2D eigenvalue weighted by atomic mass is 10.1. The zero-order valence-corrected chi connectivity index (χ0v) is 25.3. The van der Waals surface area contributed by atoms with Crippen LogP contribution in [0.5, 0.6) is 5.75 Å². The molecule has 2 amide bonds. The van der Waals surface area contributed by atoms with Gasteiger partial charge in [-0.2, -0.15) is 0 Å².